The van der Waals surface area contributed by atoms with Crippen LogP contribution in [0.1, 0.15) is 60.9 Å². The molecule has 1 saturated heterocycles. The molecule has 0 amide bonds. The Balaban J connectivity index is 0.00000300. The van der Waals surface area contributed by atoms with Crippen molar-refractivity contribution in [2.24, 2.45) is 4.99 Å². The Hall–Kier alpha value is -1.55. The number of nitrogens with zero attached hydrogens (tertiary/aromatic N) is 3. The van der Waals surface area contributed by atoms with Crippen LogP contribution in [-0.4, -0.2) is 49.2 Å². The molecule has 3 heterocycles. The Bertz CT molecular complexity index is 734. The van der Waals surface area contributed by atoms with Crippen LogP contribution in [0.2, 0.25) is 0 Å². The highest BCUT2D eigenvalue weighted by atomic mass is 127. The van der Waals surface area contributed by atoms with Crippen molar-refractivity contribution in [1.82, 2.24) is 20.7 Å². The van der Waals surface area contributed by atoms with E-state index in [-0.39, 0.29) is 35.9 Å². The van der Waals surface area contributed by atoms with E-state index >= 15 is 0 Å². The van der Waals surface area contributed by atoms with Crippen LogP contribution in [0.25, 0.3) is 0 Å². The van der Waals surface area contributed by atoms with Gasteiger partial charge in [0, 0.05) is 31.6 Å². The van der Waals surface area contributed by atoms with Crippen LogP contribution in [0.3, 0.4) is 0 Å². The van der Waals surface area contributed by atoms with Gasteiger partial charge >= 0.3 is 0 Å². The van der Waals surface area contributed by atoms with Gasteiger partial charge in [-0.05, 0) is 51.9 Å². The predicted molar refractivity (Wildman–Crippen MR) is 126 cm³/mol. The zero-order valence-electron chi connectivity index (χ0n) is 17.9. The Morgan fingerprint density at radius 1 is 1.21 bits per heavy atom. The van der Waals surface area contributed by atoms with Gasteiger partial charge in [0.25, 0.3) is 0 Å². The largest absolute Gasteiger partial charge is 0.468 e. The molecule has 0 saturated carbocycles. The Morgan fingerprint density at radius 3 is 2.52 bits per heavy atom. The van der Waals surface area contributed by atoms with Crippen LogP contribution < -0.4 is 10.6 Å². The zero-order valence-corrected chi connectivity index (χ0v) is 20.2. The Labute approximate surface area is 190 Å². The van der Waals surface area contributed by atoms with Crippen molar-refractivity contribution in [2.45, 2.75) is 52.0 Å². The maximum absolute atomic E-state index is 5.73. The van der Waals surface area contributed by atoms with E-state index in [9.17, 15) is 0 Å². The van der Waals surface area contributed by atoms with Gasteiger partial charge in [-0.1, -0.05) is 18.5 Å². The summed E-state index contributed by atoms with van der Waals surface area (Å²) < 4.78 is 11.0. The van der Waals surface area contributed by atoms with E-state index in [2.05, 4.69) is 38.7 Å². The smallest absolute Gasteiger partial charge is 0.191 e. The lowest BCUT2D eigenvalue weighted by molar-refractivity contribution is 0.146. The SMILES string of the molecule is CN=C(NCC(C)c1c(C)noc1C)NCC(c1ccco1)N1CCCCC1.I. The van der Waals surface area contributed by atoms with Crippen molar-refractivity contribution in [2.75, 3.05) is 33.2 Å². The molecule has 0 bridgehead atoms. The summed E-state index contributed by atoms with van der Waals surface area (Å²) in [6.45, 7) is 9.87. The number of likely N-dealkylation sites (tertiary alicyclic amines) is 1. The molecular weight excluding hydrogens is 481 g/mol. The van der Waals surface area contributed by atoms with Gasteiger partial charge in [-0.2, -0.15) is 0 Å². The number of rotatable bonds is 7. The topological polar surface area (TPSA) is 78.8 Å². The third-order valence-corrected chi connectivity index (χ3v) is 5.55. The average Bonchev–Trinajstić information content (AvgIpc) is 3.35. The van der Waals surface area contributed by atoms with Crippen molar-refractivity contribution < 1.29 is 8.94 Å². The molecule has 1 aliphatic rings. The van der Waals surface area contributed by atoms with E-state index in [0.29, 0.717) is 0 Å². The number of aryl methyl sites for hydroxylation is 2. The van der Waals surface area contributed by atoms with E-state index in [4.69, 9.17) is 8.94 Å². The van der Waals surface area contributed by atoms with Crippen LogP contribution >= 0.6 is 24.0 Å². The molecule has 3 rings (SSSR count). The van der Waals surface area contributed by atoms with Gasteiger partial charge in [0.2, 0.25) is 0 Å². The van der Waals surface area contributed by atoms with Gasteiger partial charge < -0.3 is 19.6 Å². The van der Waals surface area contributed by atoms with E-state index in [1.807, 2.05) is 19.9 Å². The molecule has 0 aromatic carbocycles. The first-order valence-electron chi connectivity index (χ1n) is 10.2. The van der Waals surface area contributed by atoms with Crippen LogP contribution in [0.5, 0.6) is 0 Å². The van der Waals surface area contributed by atoms with E-state index in [1.165, 1.54) is 24.8 Å². The Morgan fingerprint density at radius 2 is 1.93 bits per heavy atom. The molecule has 2 unspecified atom stereocenters. The monoisotopic (exact) mass is 515 g/mol. The summed E-state index contributed by atoms with van der Waals surface area (Å²) in [4.78, 5) is 6.90. The second kappa shape index (κ2) is 11.6. The first-order chi connectivity index (χ1) is 13.6. The lowest BCUT2D eigenvalue weighted by atomic mass is 10.00. The molecule has 2 aromatic heterocycles. The van der Waals surface area contributed by atoms with Crippen molar-refractivity contribution >= 4 is 29.9 Å². The minimum absolute atomic E-state index is 0. The van der Waals surface area contributed by atoms with Gasteiger partial charge in [0.1, 0.15) is 11.5 Å². The van der Waals surface area contributed by atoms with Crippen molar-refractivity contribution in [1.29, 1.82) is 0 Å². The number of nitrogens with one attached hydrogen (secondary N) is 2. The number of guanidine groups is 1. The van der Waals surface area contributed by atoms with Crippen LogP contribution in [0.4, 0.5) is 0 Å². The number of aliphatic imine (C=N–C) groups is 1. The lowest BCUT2D eigenvalue weighted by Crippen LogP contribution is -2.45. The van der Waals surface area contributed by atoms with Crippen LogP contribution in [0, 0.1) is 13.8 Å². The molecule has 7 nitrogen and oxygen atoms in total. The molecule has 162 valence electrons. The first kappa shape index (κ1) is 23.7. The number of hydrogen-bond acceptors (Lipinski definition) is 5. The molecule has 1 fully saturated rings. The lowest BCUT2D eigenvalue weighted by Gasteiger charge is -2.33. The van der Waals surface area contributed by atoms with Gasteiger partial charge in [0.15, 0.2) is 5.96 Å². The van der Waals surface area contributed by atoms with Gasteiger partial charge in [0.05, 0.1) is 18.0 Å². The fraction of sp³-hybridized carbons (Fsp3) is 0.619. The number of aromatic nitrogens is 1. The van der Waals surface area contributed by atoms with Crippen LogP contribution in [-0.2, 0) is 0 Å². The molecule has 0 radical (unpaired) electrons. The van der Waals surface area contributed by atoms with Crippen molar-refractivity contribution in [3.05, 3.63) is 41.2 Å². The summed E-state index contributed by atoms with van der Waals surface area (Å²) in [5.41, 5.74) is 2.13. The second-order valence-electron chi connectivity index (χ2n) is 7.60. The molecule has 1 aliphatic heterocycles. The summed E-state index contributed by atoms with van der Waals surface area (Å²) in [5, 5.41) is 11.0. The second-order valence-corrected chi connectivity index (χ2v) is 7.60. The van der Waals surface area contributed by atoms with Gasteiger partial charge in [-0.15, -0.1) is 24.0 Å². The number of piperidine rings is 1. The predicted octanol–water partition coefficient (Wildman–Crippen LogP) is 4.00. The summed E-state index contributed by atoms with van der Waals surface area (Å²) in [6, 6.07) is 4.25. The molecule has 2 aromatic rings. The Kier molecular flexibility index (Phi) is 9.48. The molecule has 0 spiro atoms. The first-order valence-corrected chi connectivity index (χ1v) is 10.2. The fourth-order valence-electron chi connectivity index (χ4n) is 4.08. The zero-order chi connectivity index (χ0) is 19.9. The van der Waals surface area contributed by atoms with Gasteiger partial charge in [-0.3, -0.25) is 9.89 Å². The quantitative estimate of drug-likeness (QED) is 0.330. The highest BCUT2D eigenvalue weighted by Gasteiger charge is 2.25. The third-order valence-electron chi connectivity index (χ3n) is 5.55. The average molecular weight is 515 g/mol. The molecule has 2 atom stereocenters. The third kappa shape index (κ3) is 6.21. The number of furan rings is 1. The highest BCUT2D eigenvalue weighted by molar-refractivity contribution is 14.0. The van der Waals surface area contributed by atoms with Crippen LogP contribution in [0.15, 0.2) is 32.3 Å². The standard InChI is InChI=1S/C21H33N5O2.HI/c1-15(20-16(2)25-28-17(20)3)13-23-21(22-4)24-14-18(19-9-8-12-27-19)26-10-6-5-7-11-26;/h8-9,12,15,18H,5-7,10-11,13-14H2,1-4H3,(H2,22,23,24);1H. The summed E-state index contributed by atoms with van der Waals surface area (Å²) in [7, 11) is 1.80. The maximum atomic E-state index is 5.73. The molecule has 8 heteroatoms. The van der Waals surface area contributed by atoms with Gasteiger partial charge in [-0.25, -0.2) is 0 Å². The summed E-state index contributed by atoms with van der Waals surface area (Å²) >= 11 is 0. The minimum atomic E-state index is 0. The summed E-state index contributed by atoms with van der Waals surface area (Å²) in [5.74, 6) is 2.98. The van der Waals surface area contributed by atoms with E-state index < -0.39 is 0 Å². The minimum Gasteiger partial charge on any atom is -0.468 e. The molecule has 29 heavy (non-hydrogen) atoms. The fourth-order valence-corrected chi connectivity index (χ4v) is 4.08. The number of hydrogen-bond donors (Lipinski definition) is 2. The number of halogens is 1. The molecule has 2 N–H and O–H groups in total. The molecule has 0 aliphatic carbocycles. The van der Waals surface area contributed by atoms with Crippen molar-refractivity contribution in [3.63, 3.8) is 0 Å². The van der Waals surface area contributed by atoms with E-state index in [0.717, 1.165) is 49.4 Å². The normalized spacial score (nSPS) is 17.4. The summed E-state index contributed by atoms with van der Waals surface area (Å²) in [6.07, 6.45) is 5.57. The highest BCUT2D eigenvalue weighted by Crippen LogP contribution is 2.25. The van der Waals surface area contributed by atoms with E-state index in [1.54, 1.807) is 13.3 Å². The maximum Gasteiger partial charge on any atom is 0.191 e. The van der Waals surface area contributed by atoms with Crippen molar-refractivity contribution in [3.8, 4) is 0 Å². The molecular formula is C21H34IN5O2.